The molecule has 15 heavy (non-hydrogen) atoms. The van der Waals surface area contributed by atoms with Gasteiger partial charge in [0.05, 0.1) is 7.11 Å². The molecule has 1 rings (SSSR count). The van der Waals surface area contributed by atoms with E-state index in [4.69, 9.17) is 4.74 Å². The molecule has 0 aliphatic rings. The lowest BCUT2D eigenvalue weighted by atomic mass is 10.1. The molecule has 0 bridgehead atoms. The molecule has 0 amide bonds. The molecule has 1 aromatic carbocycles. The summed E-state index contributed by atoms with van der Waals surface area (Å²) in [5, 5.41) is 2.92. The second kappa shape index (κ2) is 5.28. The maximum atomic E-state index is 11.5. The summed E-state index contributed by atoms with van der Waals surface area (Å²) < 4.78 is 5.63. The molecule has 0 heterocycles. The smallest absolute Gasteiger partial charge is 0.327 e. The van der Waals surface area contributed by atoms with Crippen molar-refractivity contribution in [2.75, 3.05) is 14.2 Å². The number of rotatable bonds is 3. The van der Waals surface area contributed by atoms with E-state index >= 15 is 0 Å². The Bertz CT molecular complexity index is 366. The first-order chi connectivity index (χ1) is 7.10. The number of ether oxygens (including phenoxy) is 1. The summed E-state index contributed by atoms with van der Waals surface area (Å²) in [6.07, 6.45) is 0. The van der Waals surface area contributed by atoms with Crippen molar-refractivity contribution >= 4 is 21.9 Å². The Hall–Kier alpha value is -0.870. The summed E-state index contributed by atoms with van der Waals surface area (Å²) in [6, 6.07) is 5.43. The minimum absolute atomic E-state index is 0.290. The number of benzene rings is 1. The number of hydrogen-bond donors (Lipinski definition) is 1. The monoisotopic (exact) mass is 271 g/mol. The summed E-state index contributed by atoms with van der Waals surface area (Å²) in [4.78, 5) is 11.5. The van der Waals surface area contributed by atoms with Crippen molar-refractivity contribution in [3.63, 3.8) is 0 Å². The molecule has 0 aromatic heterocycles. The maximum absolute atomic E-state index is 11.5. The van der Waals surface area contributed by atoms with Gasteiger partial charge in [-0.2, -0.15) is 0 Å². The average molecular weight is 272 g/mol. The molecule has 1 N–H and O–H groups in total. The van der Waals surface area contributed by atoms with E-state index in [0.717, 1.165) is 15.6 Å². The lowest BCUT2D eigenvalue weighted by Gasteiger charge is -2.15. The Kier molecular flexibility index (Phi) is 4.29. The Balaban J connectivity index is 3.07. The quantitative estimate of drug-likeness (QED) is 0.857. The van der Waals surface area contributed by atoms with Crippen molar-refractivity contribution in [3.8, 4) is 0 Å². The van der Waals surface area contributed by atoms with Crippen molar-refractivity contribution < 1.29 is 9.53 Å². The van der Waals surface area contributed by atoms with Gasteiger partial charge in [-0.1, -0.05) is 28.1 Å². The van der Waals surface area contributed by atoms with Crippen LogP contribution in [-0.2, 0) is 9.53 Å². The fraction of sp³-hybridized carbons (Fsp3) is 0.364. The third kappa shape index (κ3) is 2.79. The summed E-state index contributed by atoms with van der Waals surface area (Å²) in [5.74, 6) is -0.290. The standard InChI is InChI=1S/C11H14BrNO2/c1-7-4-5-8(9(12)6-7)10(13-2)11(14)15-3/h4-6,10,13H,1-3H3. The molecule has 82 valence electrons. The predicted octanol–water partition coefficient (Wildman–Crippen LogP) is 2.19. The van der Waals surface area contributed by atoms with Gasteiger partial charge in [0.15, 0.2) is 0 Å². The van der Waals surface area contributed by atoms with Crippen LogP contribution in [0.1, 0.15) is 17.2 Å². The number of carbonyl (C=O) groups is 1. The highest BCUT2D eigenvalue weighted by Gasteiger charge is 2.21. The van der Waals surface area contributed by atoms with Crippen LogP contribution in [0, 0.1) is 6.92 Å². The molecule has 0 radical (unpaired) electrons. The number of likely N-dealkylation sites (N-methyl/N-ethyl adjacent to an activating group) is 1. The van der Waals surface area contributed by atoms with E-state index in [0.29, 0.717) is 0 Å². The molecule has 1 aromatic rings. The first-order valence-corrected chi connectivity index (χ1v) is 5.40. The van der Waals surface area contributed by atoms with Gasteiger partial charge in [-0.15, -0.1) is 0 Å². The summed E-state index contributed by atoms with van der Waals surface area (Å²) in [5.41, 5.74) is 2.03. The fourth-order valence-corrected chi connectivity index (χ4v) is 2.11. The van der Waals surface area contributed by atoms with Gasteiger partial charge < -0.3 is 10.1 Å². The van der Waals surface area contributed by atoms with E-state index < -0.39 is 6.04 Å². The third-order valence-corrected chi connectivity index (χ3v) is 2.88. The van der Waals surface area contributed by atoms with Gasteiger partial charge in [-0.05, 0) is 31.2 Å². The molecule has 3 nitrogen and oxygen atoms in total. The van der Waals surface area contributed by atoms with Crippen LogP contribution in [0.3, 0.4) is 0 Å². The number of aryl methyl sites for hydroxylation is 1. The van der Waals surface area contributed by atoms with Crippen molar-refractivity contribution in [1.29, 1.82) is 0 Å². The summed E-state index contributed by atoms with van der Waals surface area (Å²) in [7, 11) is 3.11. The van der Waals surface area contributed by atoms with Crippen LogP contribution in [0.4, 0.5) is 0 Å². The number of nitrogens with one attached hydrogen (secondary N) is 1. The van der Waals surface area contributed by atoms with Crippen LogP contribution in [0.2, 0.25) is 0 Å². The molecule has 4 heteroatoms. The maximum Gasteiger partial charge on any atom is 0.327 e. The number of halogens is 1. The van der Waals surface area contributed by atoms with Crippen LogP contribution >= 0.6 is 15.9 Å². The molecule has 1 unspecified atom stereocenters. The van der Waals surface area contributed by atoms with Gasteiger partial charge in [0, 0.05) is 4.47 Å². The Morgan fingerprint density at radius 2 is 2.20 bits per heavy atom. The molecule has 0 saturated carbocycles. The second-order valence-corrected chi connectivity index (χ2v) is 4.12. The van der Waals surface area contributed by atoms with Gasteiger partial charge in [0.1, 0.15) is 6.04 Å². The average Bonchev–Trinajstić information content (AvgIpc) is 2.21. The van der Waals surface area contributed by atoms with Crippen molar-refractivity contribution in [2.24, 2.45) is 0 Å². The van der Waals surface area contributed by atoms with Crippen molar-refractivity contribution in [3.05, 3.63) is 33.8 Å². The van der Waals surface area contributed by atoms with Gasteiger partial charge in [0.2, 0.25) is 0 Å². The number of esters is 1. The van der Waals surface area contributed by atoms with Crippen molar-refractivity contribution in [1.82, 2.24) is 5.32 Å². The minimum Gasteiger partial charge on any atom is -0.468 e. The topological polar surface area (TPSA) is 38.3 Å². The highest BCUT2D eigenvalue weighted by molar-refractivity contribution is 9.10. The molecule has 0 spiro atoms. The zero-order valence-electron chi connectivity index (χ0n) is 9.00. The molecule has 0 saturated heterocycles. The molecule has 0 aliphatic heterocycles. The van der Waals surface area contributed by atoms with Crippen LogP contribution in [0.15, 0.2) is 22.7 Å². The summed E-state index contributed by atoms with van der Waals surface area (Å²) in [6.45, 7) is 2.00. The first-order valence-electron chi connectivity index (χ1n) is 4.61. The highest BCUT2D eigenvalue weighted by Crippen LogP contribution is 2.25. The van der Waals surface area contributed by atoms with Gasteiger partial charge >= 0.3 is 5.97 Å². The van der Waals surface area contributed by atoms with E-state index in [1.165, 1.54) is 7.11 Å². The van der Waals surface area contributed by atoms with Crippen LogP contribution in [0.5, 0.6) is 0 Å². The molecule has 0 fully saturated rings. The number of hydrogen-bond acceptors (Lipinski definition) is 3. The normalized spacial score (nSPS) is 12.3. The van der Waals surface area contributed by atoms with Gasteiger partial charge in [-0.25, -0.2) is 4.79 Å². The van der Waals surface area contributed by atoms with Crippen LogP contribution in [0.25, 0.3) is 0 Å². The number of carbonyl (C=O) groups excluding carboxylic acids is 1. The fourth-order valence-electron chi connectivity index (χ4n) is 1.38. The minimum atomic E-state index is -0.426. The SMILES string of the molecule is CNC(C(=O)OC)c1ccc(C)cc1Br. The summed E-state index contributed by atoms with van der Waals surface area (Å²) >= 11 is 3.44. The zero-order valence-corrected chi connectivity index (χ0v) is 10.6. The first kappa shape index (κ1) is 12.2. The van der Waals surface area contributed by atoms with Gasteiger partial charge in [-0.3, -0.25) is 0 Å². The largest absolute Gasteiger partial charge is 0.468 e. The van der Waals surface area contributed by atoms with Crippen molar-refractivity contribution in [2.45, 2.75) is 13.0 Å². The second-order valence-electron chi connectivity index (χ2n) is 3.27. The van der Waals surface area contributed by atoms with E-state index in [9.17, 15) is 4.79 Å². The van der Waals surface area contributed by atoms with E-state index in [2.05, 4.69) is 21.2 Å². The molecular formula is C11H14BrNO2. The number of methoxy groups -OCH3 is 1. The molecule has 1 atom stereocenters. The highest BCUT2D eigenvalue weighted by atomic mass is 79.9. The molecule has 0 aliphatic carbocycles. The molecular weight excluding hydrogens is 258 g/mol. The Labute approximate surface area is 97.9 Å². The van der Waals surface area contributed by atoms with E-state index in [-0.39, 0.29) is 5.97 Å². The van der Waals surface area contributed by atoms with Crippen LogP contribution in [-0.4, -0.2) is 20.1 Å². The zero-order chi connectivity index (χ0) is 11.4. The third-order valence-electron chi connectivity index (χ3n) is 2.19. The predicted molar refractivity (Wildman–Crippen MR) is 62.7 cm³/mol. The lowest BCUT2D eigenvalue weighted by Crippen LogP contribution is -2.26. The Morgan fingerprint density at radius 3 is 2.67 bits per heavy atom. The van der Waals surface area contributed by atoms with E-state index in [1.807, 2.05) is 25.1 Å². The van der Waals surface area contributed by atoms with Crippen LogP contribution < -0.4 is 5.32 Å². The Morgan fingerprint density at radius 1 is 1.53 bits per heavy atom. The van der Waals surface area contributed by atoms with Gasteiger partial charge in [0.25, 0.3) is 0 Å². The lowest BCUT2D eigenvalue weighted by molar-refractivity contribution is -0.143. The van der Waals surface area contributed by atoms with E-state index in [1.54, 1.807) is 7.05 Å².